The number of halogens is 1. The quantitative estimate of drug-likeness (QED) is 0.763. The molecule has 1 N–H and O–H groups in total. The number of carbonyl (C=O) groups excluding carboxylic acids is 2. The molecule has 1 aromatic carbocycles. The van der Waals surface area contributed by atoms with Crippen molar-refractivity contribution in [1.82, 2.24) is 15.2 Å². The summed E-state index contributed by atoms with van der Waals surface area (Å²) in [5.41, 5.74) is 1.51. The summed E-state index contributed by atoms with van der Waals surface area (Å²) in [6.45, 7) is 7.87. The first-order valence-electron chi connectivity index (χ1n) is 10.2. The molecule has 0 radical (unpaired) electrons. The minimum absolute atomic E-state index is 0.00472. The van der Waals surface area contributed by atoms with Gasteiger partial charge in [-0.3, -0.25) is 9.59 Å². The van der Waals surface area contributed by atoms with Gasteiger partial charge in [-0.1, -0.05) is 13.8 Å². The molecule has 1 aromatic heterocycles. The highest BCUT2D eigenvalue weighted by molar-refractivity contribution is 7.17. The molecule has 0 aliphatic carbocycles. The Morgan fingerprint density at radius 3 is 2.55 bits per heavy atom. The number of hydrogen-bond donors (Lipinski definition) is 1. The predicted molar refractivity (Wildman–Crippen MR) is 113 cm³/mol. The maximum atomic E-state index is 13.2. The summed E-state index contributed by atoms with van der Waals surface area (Å²) in [6, 6.07) is 6.16. The standard InChI is InChI=1S/C22H28FN3O2S/c1-4-11-24-20(27)14(2)16-9-12-26(13-10-16)22(28)19-15(3)25-21(29-19)17-5-7-18(23)8-6-17/h5-8,14,16H,4,9-13H2,1-3H3,(H,24,27)/t14-/m0/s1. The number of benzene rings is 1. The van der Waals surface area contributed by atoms with E-state index in [0.29, 0.717) is 36.1 Å². The summed E-state index contributed by atoms with van der Waals surface area (Å²) < 4.78 is 13.2. The Bertz CT molecular complexity index is 857. The van der Waals surface area contributed by atoms with Crippen molar-refractivity contribution in [3.8, 4) is 10.6 Å². The summed E-state index contributed by atoms with van der Waals surface area (Å²) in [7, 11) is 0. The molecule has 1 aliphatic heterocycles. The molecule has 0 spiro atoms. The molecule has 0 unspecified atom stereocenters. The van der Waals surface area contributed by atoms with Crippen LogP contribution in [0.5, 0.6) is 0 Å². The van der Waals surface area contributed by atoms with Crippen LogP contribution in [0.25, 0.3) is 10.6 Å². The van der Waals surface area contributed by atoms with Crippen LogP contribution in [-0.2, 0) is 4.79 Å². The highest BCUT2D eigenvalue weighted by Crippen LogP contribution is 2.31. The van der Waals surface area contributed by atoms with E-state index in [2.05, 4.69) is 10.3 Å². The van der Waals surface area contributed by atoms with Gasteiger partial charge in [0.2, 0.25) is 5.91 Å². The molecular formula is C22H28FN3O2S. The average molecular weight is 418 g/mol. The maximum Gasteiger partial charge on any atom is 0.265 e. The molecule has 3 rings (SSSR count). The summed E-state index contributed by atoms with van der Waals surface area (Å²) in [5, 5.41) is 3.69. The first-order chi connectivity index (χ1) is 13.9. The van der Waals surface area contributed by atoms with Gasteiger partial charge >= 0.3 is 0 Å². The van der Waals surface area contributed by atoms with E-state index in [-0.39, 0.29) is 23.5 Å². The molecule has 5 nitrogen and oxygen atoms in total. The van der Waals surface area contributed by atoms with Crippen LogP contribution < -0.4 is 5.32 Å². The molecule has 156 valence electrons. The SMILES string of the molecule is CCCNC(=O)[C@@H](C)C1CCN(C(=O)c2sc(-c3ccc(F)cc3)nc2C)CC1. The van der Waals surface area contributed by atoms with Crippen LogP contribution in [0.2, 0.25) is 0 Å². The average Bonchev–Trinajstić information content (AvgIpc) is 3.13. The molecule has 0 saturated carbocycles. The lowest BCUT2D eigenvalue weighted by atomic mass is 9.85. The van der Waals surface area contributed by atoms with Gasteiger partial charge < -0.3 is 10.2 Å². The van der Waals surface area contributed by atoms with Crippen molar-refractivity contribution in [1.29, 1.82) is 0 Å². The van der Waals surface area contributed by atoms with Crippen LogP contribution in [0.3, 0.4) is 0 Å². The van der Waals surface area contributed by atoms with E-state index >= 15 is 0 Å². The third-order valence-corrected chi connectivity index (χ3v) is 6.77. The fourth-order valence-electron chi connectivity index (χ4n) is 3.68. The van der Waals surface area contributed by atoms with Gasteiger partial charge in [0.25, 0.3) is 5.91 Å². The number of hydrogen-bond acceptors (Lipinski definition) is 4. The number of aryl methyl sites for hydroxylation is 1. The second kappa shape index (κ2) is 9.48. The summed E-state index contributed by atoms with van der Waals surface area (Å²) in [6.07, 6.45) is 2.59. The van der Waals surface area contributed by atoms with E-state index in [4.69, 9.17) is 0 Å². The topological polar surface area (TPSA) is 62.3 Å². The van der Waals surface area contributed by atoms with Gasteiger partial charge in [0.15, 0.2) is 0 Å². The number of nitrogens with zero attached hydrogens (tertiary/aromatic N) is 2. The minimum Gasteiger partial charge on any atom is -0.356 e. The molecule has 2 amide bonds. The number of piperidine rings is 1. The summed E-state index contributed by atoms with van der Waals surface area (Å²) >= 11 is 1.35. The fraction of sp³-hybridized carbons (Fsp3) is 0.500. The van der Waals surface area contributed by atoms with Gasteiger partial charge in [-0.15, -0.1) is 11.3 Å². The number of thiazole rings is 1. The molecule has 1 saturated heterocycles. The lowest BCUT2D eigenvalue weighted by molar-refractivity contribution is -0.126. The number of rotatable bonds is 6. The summed E-state index contributed by atoms with van der Waals surface area (Å²) in [4.78, 5) is 32.3. The van der Waals surface area contributed by atoms with E-state index in [0.717, 1.165) is 29.8 Å². The molecule has 1 aliphatic rings. The number of carbonyl (C=O) groups is 2. The first-order valence-corrected chi connectivity index (χ1v) is 11.0. The van der Waals surface area contributed by atoms with E-state index in [1.807, 2.05) is 25.7 Å². The van der Waals surface area contributed by atoms with Gasteiger partial charge in [-0.2, -0.15) is 0 Å². The smallest absolute Gasteiger partial charge is 0.265 e. The second-order valence-corrected chi connectivity index (χ2v) is 8.65. The Morgan fingerprint density at radius 1 is 1.28 bits per heavy atom. The molecule has 1 fully saturated rings. The minimum atomic E-state index is -0.293. The monoisotopic (exact) mass is 417 g/mol. The molecule has 1 atom stereocenters. The lowest BCUT2D eigenvalue weighted by Crippen LogP contribution is -2.42. The third-order valence-electron chi connectivity index (χ3n) is 5.58. The van der Waals surface area contributed by atoms with Crippen molar-refractivity contribution in [3.63, 3.8) is 0 Å². The summed E-state index contributed by atoms with van der Waals surface area (Å²) in [5.74, 6) is 0.0785. The second-order valence-electron chi connectivity index (χ2n) is 7.65. The van der Waals surface area contributed by atoms with Gasteiger partial charge in [-0.25, -0.2) is 9.37 Å². The zero-order chi connectivity index (χ0) is 21.0. The Balaban J connectivity index is 1.62. The fourth-order valence-corrected chi connectivity index (χ4v) is 4.72. The normalized spacial score (nSPS) is 15.9. The Kier molecular flexibility index (Phi) is 7.00. The van der Waals surface area contributed by atoms with Gasteiger partial charge in [0, 0.05) is 31.1 Å². The van der Waals surface area contributed by atoms with Crippen LogP contribution in [-0.4, -0.2) is 41.3 Å². The highest BCUT2D eigenvalue weighted by atomic mass is 32.1. The molecule has 7 heteroatoms. The van der Waals surface area contributed by atoms with Gasteiger partial charge in [0.1, 0.15) is 15.7 Å². The number of likely N-dealkylation sites (tertiary alicyclic amines) is 1. The Morgan fingerprint density at radius 2 is 1.93 bits per heavy atom. The maximum absolute atomic E-state index is 13.2. The largest absolute Gasteiger partial charge is 0.356 e. The van der Waals surface area contributed by atoms with E-state index in [1.54, 1.807) is 12.1 Å². The zero-order valence-corrected chi connectivity index (χ0v) is 18.0. The molecule has 0 bridgehead atoms. The van der Waals surface area contributed by atoms with Crippen molar-refractivity contribution < 1.29 is 14.0 Å². The predicted octanol–water partition coefficient (Wildman–Crippen LogP) is 4.27. The molecule has 2 heterocycles. The van der Waals surface area contributed by atoms with E-state index < -0.39 is 0 Å². The molecular weight excluding hydrogens is 389 g/mol. The van der Waals surface area contributed by atoms with E-state index in [1.165, 1.54) is 23.5 Å². The number of aromatic nitrogens is 1. The van der Waals surface area contributed by atoms with Crippen molar-refractivity contribution in [2.45, 2.75) is 40.0 Å². The van der Waals surface area contributed by atoms with Crippen molar-refractivity contribution in [2.24, 2.45) is 11.8 Å². The van der Waals surface area contributed by atoms with Crippen LogP contribution in [0, 0.1) is 24.6 Å². The number of amides is 2. The zero-order valence-electron chi connectivity index (χ0n) is 17.2. The third kappa shape index (κ3) is 5.01. The van der Waals surface area contributed by atoms with Gasteiger partial charge in [0.05, 0.1) is 5.69 Å². The first kappa shape index (κ1) is 21.4. The lowest BCUT2D eigenvalue weighted by Gasteiger charge is -2.34. The molecule has 2 aromatic rings. The van der Waals surface area contributed by atoms with Crippen molar-refractivity contribution >= 4 is 23.2 Å². The highest BCUT2D eigenvalue weighted by Gasteiger charge is 2.31. The Hall–Kier alpha value is -2.28. The van der Waals surface area contributed by atoms with Crippen LogP contribution in [0.15, 0.2) is 24.3 Å². The molecule has 29 heavy (non-hydrogen) atoms. The van der Waals surface area contributed by atoms with E-state index in [9.17, 15) is 14.0 Å². The Labute approximate surface area is 175 Å². The number of nitrogens with one attached hydrogen (secondary N) is 1. The van der Waals surface area contributed by atoms with Crippen LogP contribution >= 0.6 is 11.3 Å². The van der Waals surface area contributed by atoms with Crippen molar-refractivity contribution in [2.75, 3.05) is 19.6 Å². The van der Waals surface area contributed by atoms with Crippen LogP contribution in [0.4, 0.5) is 4.39 Å². The van der Waals surface area contributed by atoms with Crippen LogP contribution in [0.1, 0.15) is 48.5 Å². The van der Waals surface area contributed by atoms with Crippen molar-refractivity contribution in [3.05, 3.63) is 40.7 Å². The van der Waals surface area contributed by atoms with Gasteiger partial charge in [-0.05, 0) is 56.4 Å².